The van der Waals surface area contributed by atoms with E-state index in [0.717, 1.165) is 0 Å². The lowest BCUT2D eigenvalue weighted by atomic mass is 9.95. The van der Waals surface area contributed by atoms with Gasteiger partial charge in [-0.1, -0.05) is 6.42 Å². The Morgan fingerprint density at radius 3 is 1.55 bits per heavy atom. The molecule has 0 aliphatic heterocycles. The Kier molecular flexibility index (Phi) is 23.6. The second-order valence-electron chi connectivity index (χ2n) is 18.5. The van der Waals surface area contributed by atoms with Crippen molar-refractivity contribution in [2.75, 3.05) is 26.7 Å². The van der Waals surface area contributed by atoms with E-state index in [1.54, 1.807) is 90.0 Å². The Morgan fingerprint density at radius 1 is 0.550 bits per heavy atom. The molecule has 0 saturated heterocycles. The minimum absolute atomic E-state index is 0.108. The first-order valence-corrected chi connectivity index (χ1v) is 20.6. The molecule has 60 heavy (non-hydrogen) atoms. The molecule has 6 N–H and O–H groups in total. The monoisotopic (exact) mass is 858 g/mol. The van der Waals surface area contributed by atoms with Gasteiger partial charge in [-0.25, -0.2) is 24.0 Å². The van der Waals surface area contributed by atoms with Gasteiger partial charge in [0.15, 0.2) is 0 Å². The van der Waals surface area contributed by atoms with E-state index >= 15 is 0 Å². The molecule has 19 nitrogen and oxygen atoms in total. The highest BCUT2D eigenvalue weighted by atomic mass is 16.6. The number of nitrogens with zero attached hydrogens (tertiary/aromatic N) is 1. The van der Waals surface area contributed by atoms with Crippen LogP contribution in [-0.2, 0) is 38.1 Å². The van der Waals surface area contributed by atoms with Crippen LogP contribution in [0, 0.1) is 0 Å². The van der Waals surface area contributed by atoms with E-state index in [-0.39, 0.29) is 44.2 Å². The summed E-state index contributed by atoms with van der Waals surface area (Å²) >= 11 is 0. The molecule has 0 aliphatic rings. The maximum absolute atomic E-state index is 13.2. The molecular formula is C41H75N7O12. The molecule has 19 heteroatoms. The Labute approximate surface area is 356 Å². The van der Waals surface area contributed by atoms with Crippen molar-refractivity contribution in [2.24, 2.45) is 4.99 Å². The van der Waals surface area contributed by atoms with Gasteiger partial charge in [0, 0.05) is 26.1 Å². The van der Waals surface area contributed by atoms with Crippen molar-refractivity contribution in [3.05, 3.63) is 0 Å². The highest BCUT2D eigenvalue weighted by Crippen LogP contribution is 2.18. The van der Waals surface area contributed by atoms with Gasteiger partial charge in [0.05, 0.1) is 7.11 Å². The first kappa shape index (κ1) is 55.2. The number of amides is 6. The zero-order valence-electron chi connectivity index (χ0n) is 38.6. The van der Waals surface area contributed by atoms with Gasteiger partial charge in [-0.3, -0.25) is 25.2 Å². The number of guanidine groups is 1. The van der Waals surface area contributed by atoms with E-state index in [1.165, 1.54) is 7.11 Å². The second kappa shape index (κ2) is 25.7. The molecule has 0 aliphatic carbocycles. The fourth-order valence-corrected chi connectivity index (χ4v) is 5.09. The second-order valence-corrected chi connectivity index (χ2v) is 18.5. The normalized spacial score (nSPS) is 13.2. The topological polar surface area (TPSA) is 250 Å². The Morgan fingerprint density at radius 2 is 1.03 bits per heavy atom. The molecule has 0 radical (unpaired) electrons. The number of carbonyl (C=O) groups is 7. The maximum Gasteiger partial charge on any atom is 0.414 e. The molecule has 0 aromatic carbocycles. The Hall–Kier alpha value is -4.84. The minimum atomic E-state index is -1.34. The quantitative estimate of drug-likeness (QED) is 0.0276. The van der Waals surface area contributed by atoms with Crippen molar-refractivity contribution < 1.29 is 57.2 Å². The lowest BCUT2D eigenvalue weighted by Gasteiger charge is -2.29. The molecule has 0 saturated carbocycles. The van der Waals surface area contributed by atoms with Crippen LogP contribution in [0.15, 0.2) is 4.99 Å². The largest absolute Gasteiger partial charge is 0.467 e. The SMILES string of the molecule is COC(=O)C(C)(CCCCNC(=O)[C@H](CCCCNC(=O)CCCCCN=C(NC(=O)OC(C)(C)C)NC(=O)OC(C)(C)C)NC(=O)OC(C)(C)C)NC(=O)OC(C)(C)C. The molecule has 346 valence electrons. The molecule has 1 unspecified atom stereocenters. The number of hydrogen-bond acceptors (Lipinski definition) is 13. The molecule has 0 aromatic heterocycles. The minimum Gasteiger partial charge on any atom is -0.467 e. The van der Waals surface area contributed by atoms with Crippen LogP contribution in [-0.4, -0.2) is 109 Å². The molecule has 0 aromatic rings. The van der Waals surface area contributed by atoms with Crippen LogP contribution < -0.4 is 31.9 Å². The van der Waals surface area contributed by atoms with Gasteiger partial charge in [0.2, 0.25) is 17.8 Å². The third kappa shape index (κ3) is 29.4. The number of ether oxygens (including phenoxy) is 5. The van der Waals surface area contributed by atoms with Crippen molar-refractivity contribution >= 4 is 48.1 Å². The summed E-state index contributed by atoms with van der Waals surface area (Å²) in [5, 5.41) is 15.8. The summed E-state index contributed by atoms with van der Waals surface area (Å²) in [6.07, 6.45) is 1.52. The summed E-state index contributed by atoms with van der Waals surface area (Å²) in [6, 6.07) is -0.897. The van der Waals surface area contributed by atoms with E-state index in [2.05, 4.69) is 36.9 Å². The predicted octanol–water partition coefficient (Wildman–Crippen LogP) is 5.87. The van der Waals surface area contributed by atoms with Gasteiger partial charge in [0.1, 0.15) is 34.0 Å². The molecular weight excluding hydrogens is 782 g/mol. The maximum atomic E-state index is 13.2. The number of hydrogen-bond donors (Lipinski definition) is 6. The number of alkyl carbamates (subject to hydrolysis) is 4. The number of rotatable bonds is 20. The highest BCUT2D eigenvalue weighted by Gasteiger charge is 2.37. The van der Waals surface area contributed by atoms with Crippen LogP contribution in [0.5, 0.6) is 0 Å². The number of methoxy groups -OCH3 is 1. The van der Waals surface area contributed by atoms with Crippen LogP contribution in [0.1, 0.15) is 154 Å². The molecule has 2 atom stereocenters. The molecule has 0 spiro atoms. The van der Waals surface area contributed by atoms with Gasteiger partial charge < -0.3 is 45.0 Å². The van der Waals surface area contributed by atoms with Crippen LogP contribution in [0.2, 0.25) is 0 Å². The highest BCUT2D eigenvalue weighted by molar-refractivity contribution is 6.01. The standard InChI is InChI=1S/C41H75N7O12/c1-37(2,3)57-33(52)45-28(30(50)43-26-21-18-24-41(13,31(51)56-14)48-36(55)60-40(10,11)12)22-17-20-25-42-29(49)23-16-15-19-27-44-32(46-34(53)58-38(4,5)6)47-35(54)59-39(7,8)9/h28H,15-27H2,1-14H3,(H,42,49)(H,43,50)(H,45,52)(H,48,55)(H2,44,46,47,53,54)/t28-,41?/m0/s1. The number of nitrogens with one attached hydrogen (secondary N) is 6. The fraction of sp³-hybridized carbons (Fsp3) is 0.805. The van der Waals surface area contributed by atoms with E-state index < -0.39 is 70.2 Å². The van der Waals surface area contributed by atoms with Crippen LogP contribution in [0.25, 0.3) is 0 Å². The molecule has 0 rings (SSSR count). The number of esters is 1. The van der Waals surface area contributed by atoms with Crippen LogP contribution in [0.4, 0.5) is 19.2 Å². The summed E-state index contributed by atoms with van der Waals surface area (Å²) in [6.45, 7) is 22.9. The van der Waals surface area contributed by atoms with Crippen molar-refractivity contribution in [3.63, 3.8) is 0 Å². The van der Waals surface area contributed by atoms with Gasteiger partial charge in [-0.2, -0.15) is 0 Å². The fourth-order valence-electron chi connectivity index (χ4n) is 5.09. The smallest absolute Gasteiger partial charge is 0.414 e. The molecule has 0 heterocycles. The average molecular weight is 858 g/mol. The summed E-state index contributed by atoms with van der Waals surface area (Å²) in [4.78, 5) is 91.9. The molecule has 0 bridgehead atoms. The van der Waals surface area contributed by atoms with E-state index in [1.807, 2.05) is 0 Å². The van der Waals surface area contributed by atoms with Gasteiger partial charge in [-0.15, -0.1) is 0 Å². The summed E-state index contributed by atoms with van der Waals surface area (Å²) < 4.78 is 26.1. The van der Waals surface area contributed by atoms with E-state index in [4.69, 9.17) is 23.7 Å². The summed E-state index contributed by atoms with van der Waals surface area (Å²) in [7, 11) is 1.23. The lowest BCUT2D eigenvalue weighted by Crippen LogP contribution is -2.54. The number of aliphatic imine (C=N–C) groups is 1. The first-order chi connectivity index (χ1) is 27.4. The van der Waals surface area contributed by atoms with Gasteiger partial charge in [-0.05, 0) is 141 Å². The predicted molar refractivity (Wildman–Crippen MR) is 226 cm³/mol. The average Bonchev–Trinajstić information content (AvgIpc) is 3.04. The molecule has 6 amide bonds. The zero-order chi connectivity index (χ0) is 46.4. The number of carbonyl (C=O) groups excluding carboxylic acids is 7. The summed E-state index contributed by atoms with van der Waals surface area (Å²) in [5.41, 5.74) is -4.39. The van der Waals surface area contributed by atoms with Crippen LogP contribution >= 0.6 is 0 Å². The van der Waals surface area contributed by atoms with Crippen LogP contribution in [0.3, 0.4) is 0 Å². The third-order valence-corrected chi connectivity index (χ3v) is 7.64. The van der Waals surface area contributed by atoms with Gasteiger partial charge >= 0.3 is 30.3 Å². The Bertz CT molecular complexity index is 1410. The third-order valence-electron chi connectivity index (χ3n) is 7.64. The first-order valence-electron chi connectivity index (χ1n) is 20.6. The van der Waals surface area contributed by atoms with E-state index in [9.17, 15) is 33.6 Å². The van der Waals surface area contributed by atoms with E-state index in [0.29, 0.717) is 51.5 Å². The zero-order valence-corrected chi connectivity index (χ0v) is 38.6. The number of unbranched alkanes of at least 4 members (excludes halogenated alkanes) is 4. The molecule has 0 fully saturated rings. The van der Waals surface area contributed by atoms with Crippen molar-refractivity contribution in [3.8, 4) is 0 Å². The van der Waals surface area contributed by atoms with Crippen molar-refractivity contribution in [1.82, 2.24) is 31.9 Å². The van der Waals surface area contributed by atoms with Crippen molar-refractivity contribution in [2.45, 2.75) is 188 Å². The van der Waals surface area contributed by atoms with Gasteiger partial charge in [0.25, 0.3) is 0 Å². The van der Waals surface area contributed by atoms with Crippen molar-refractivity contribution in [1.29, 1.82) is 0 Å². The summed E-state index contributed by atoms with van der Waals surface area (Å²) in [5.74, 6) is -1.29. The Balaban J connectivity index is 4.97. The lowest BCUT2D eigenvalue weighted by molar-refractivity contribution is -0.148.